The summed E-state index contributed by atoms with van der Waals surface area (Å²) in [6.45, 7) is 11.1. The summed E-state index contributed by atoms with van der Waals surface area (Å²) in [5.41, 5.74) is 6.34. The molecule has 3 heteroatoms. The normalized spacial score (nSPS) is 36.5. The van der Waals surface area contributed by atoms with Crippen molar-refractivity contribution in [2.45, 2.75) is 85.2 Å². The molecule has 0 heterocycles. The SMILES string of the molecule is CC(N)CCCC(C)C(=O)NC1C2(C)CCC(C2)C1(C)C. The van der Waals surface area contributed by atoms with E-state index in [9.17, 15) is 4.79 Å². The molecule has 2 bridgehead atoms. The third kappa shape index (κ3) is 3.28. The summed E-state index contributed by atoms with van der Waals surface area (Å²) >= 11 is 0. The Morgan fingerprint density at radius 2 is 1.95 bits per heavy atom. The first kappa shape index (κ1) is 16.8. The van der Waals surface area contributed by atoms with Gasteiger partial charge in [-0.2, -0.15) is 0 Å². The summed E-state index contributed by atoms with van der Waals surface area (Å²) in [5, 5.41) is 3.41. The predicted molar refractivity (Wildman–Crippen MR) is 87.8 cm³/mol. The Morgan fingerprint density at radius 1 is 1.29 bits per heavy atom. The molecule has 3 N–H and O–H groups in total. The molecule has 5 atom stereocenters. The van der Waals surface area contributed by atoms with E-state index in [1.807, 2.05) is 6.92 Å². The van der Waals surface area contributed by atoms with E-state index in [0.29, 0.717) is 11.5 Å². The van der Waals surface area contributed by atoms with Crippen molar-refractivity contribution in [1.82, 2.24) is 5.32 Å². The quantitative estimate of drug-likeness (QED) is 0.788. The molecule has 0 saturated heterocycles. The molecule has 0 aliphatic heterocycles. The van der Waals surface area contributed by atoms with E-state index in [1.165, 1.54) is 19.3 Å². The molecule has 0 aromatic rings. The van der Waals surface area contributed by atoms with Crippen molar-refractivity contribution in [3.05, 3.63) is 0 Å². The van der Waals surface area contributed by atoms with Gasteiger partial charge in [0.2, 0.25) is 5.91 Å². The molecule has 122 valence electrons. The maximum absolute atomic E-state index is 12.5. The van der Waals surface area contributed by atoms with Gasteiger partial charge in [0.1, 0.15) is 0 Å². The molecule has 2 rings (SSSR count). The van der Waals surface area contributed by atoms with E-state index < -0.39 is 0 Å². The lowest BCUT2D eigenvalue weighted by Gasteiger charge is -2.43. The van der Waals surface area contributed by atoms with Gasteiger partial charge < -0.3 is 11.1 Å². The maximum atomic E-state index is 12.5. The number of hydrogen-bond donors (Lipinski definition) is 2. The number of amides is 1. The van der Waals surface area contributed by atoms with Crippen LogP contribution in [0.4, 0.5) is 0 Å². The lowest BCUT2D eigenvalue weighted by Crippen LogP contribution is -2.53. The average molecular weight is 294 g/mol. The molecule has 2 aliphatic rings. The summed E-state index contributed by atoms with van der Waals surface area (Å²) < 4.78 is 0. The lowest BCUT2D eigenvalue weighted by atomic mass is 9.68. The van der Waals surface area contributed by atoms with Crippen LogP contribution in [-0.2, 0) is 4.79 Å². The molecule has 3 nitrogen and oxygen atoms in total. The second-order valence-electron chi connectivity index (χ2n) is 8.67. The number of nitrogens with one attached hydrogen (secondary N) is 1. The number of rotatable bonds is 6. The molecule has 2 saturated carbocycles. The van der Waals surface area contributed by atoms with E-state index in [1.54, 1.807) is 0 Å². The van der Waals surface area contributed by atoms with Crippen LogP contribution in [0.1, 0.15) is 73.1 Å². The summed E-state index contributed by atoms with van der Waals surface area (Å²) in [5.74, 6) is 1.12. The fourth-order valence-corrected chi connectivity index (χ4v) is 4.82. The fourth-order valence-electron chi connectivity index (χ4n) is 4.82. The first-order chi connectivity index (χ1) is 9.67. The van der Waals surface area contributed by atoms with Crippen LogP contribution in [0.25, 0.3) is 0 Å². The van der Waals surface area contributed by atoms with E-state index >= 15 is 0 Å². The first-order valence-electron chi connectivity index (χ1n) is 8.73. The van der Waals surface area contributed by atoms with Gasteiger partial charge in [-0.15, -0.1) is 0 Å². The molecule has 0 aromatic heterocycles. The van der Waals surface area contributed by atoms with Gasteiger partial charge >= 0.3 is 0 Å². The van der Waals surface area contributed by atoms with Crippen molar-refractivity contribution < 1.29 is 4.79 Å². The van der Waals surface area contributed by atoms with Crippen molar-refractivity contribution in [3.63, 3.8) is 0 Å². The van der Waals surface area contributed by atoms with Gasteiger partial charge in [0.25, 0.3) is 0 Å². The molecule has 2 fully saturated rings. The molecule has 0 spiro atoms. The van der Waals surface area contributed by atoms with Crippen LogP contribution in [0.3, 0.4) is 0 Å². The zero-order valence-corrected chi connectivity index (χ0v) is 14.5. The Kier molecular flexibility index (Phi) is 4.72. The lowest BCUT2D eigenvalue weighted by molar-refractivity contribution is -0.127. The van der Waals surface area contributed by atoms with Crippen molar-refractivity contribution in [1.29, 1.82) is 0 Å². The van der Waals surface area contributed by atoms with Crippen LogP contribution in [0.2, 0.25) is 0 Å². The highest BCUT2D eigenvalue weighted by Crippen LogP contribution is 2.62. The van der Waals surface area contributed by atoms with Crippen molar-refractivity contribution >= 4 is 5.91 Å². The average Bonchev–Trinajstić information content (AvgIpc) is 2.85. The minimum Gasteiger partial charge on any atom is -0.352 e. The van der Waals surface area contributed by atoms with E-state index in [2.05, 4.69) is 33.0 Å². The van der Waals surface area contributed by atoms with Gasteiger partial charge in [-0.05, 0) is 55.8 Å². The summed E-state index contributed by atoms with van der Waals surface area (Å²) in [4.78, 5) is 12.5. The smallest absolute Gasteiger partial charge is 0.223 e. The van der Waals surface area contributed by atoms with Gasteiger partial charge in [0.15, 0.2) is 0 Å². The minimum absolute atomic E-state index is 0.0993. The topological polar surface area (TPSA) is 55.1 Å². The molecule has 5 unspecified atom stereocenters. The highest BCUT2D eigenvalue weighted by atomic mass is 16.1. The highest BCUT2D eigenvalue weighted by Gasteiger charge is 2.59. The minimum atomic E-state index is 0.0993. The molecule has 0 aromatic carbocycles. The fraction of sp³-hybridized carbons (Fsp3) is 0.944. The van der Waals surface area contributed by atoms with Crippen molar-refractivity contribution in [2.75, 3.05) is 0 Å². The zero-order valence-electron chi connectivity index (χ0n) is 14.5. The standard InChI is InChI=1S/C18H34N2O/c1-12(7-6-8-13(2)19)15(21)20-16-17(3,4)14-9-10-18(16,5)11-14/h12-14,16H,6-11,19H2,1-5H3,(H,20,21). The Bertz CT molecular complexity index is 386. The Labute approximate surface area is 130 Å². The molecular formula is C18H34N2O. The van der Waals surface area contributed by atoms with Gasteiger partial charge in [0, 0.05) is 18.0 Å². The Hall–Kier alpha value is -0.570. The number of carbonyl (C=O) groups excluding carboxylic acids is 1. The summed E-state index contributed by atoms with van der Waals surface area (Å²) in [6, 6.07) is 0.579. The monoisotopic (exact) mass is 294 g/mol. The maximum Gasteiger partial charge on any atom is 0.223 e. The van der Waals surface area contributed by atoms with Crippen LogP contribution in [0, 0.1) is 22.7 Å². The van der Waals surface area contributed by atoms with E-state index in [-0.39, 0.29) is 23.3 Å². The van der Waals surface area contributed by atoms with Gasteiger partial charge in [-0.25, -0.2) is 0 Å². The number of hydrogen-bond acceptors (Lipinski definition) is 2. The molecule has 0 radical (unpaired) electrons. The largest absolute Gasteiger partial charge is 0.352 e. The van der Waals surface area contributed by atoms with E-state index in [4.69, 9.17) is 5.73 Å². The van der Waals surface area contributed by atoms with Gasteiger partial charge in [-0.1, -0.05) is 34.1 Å². The molecule has 2 aliphatic carbocycles. The van der Waals surface area contributed by atoms with Crippen LogP contribution >= 0.6 is 0 Å². The third-order valence-corrected chi connectivity index (χ3v) is 6.30. The third-order valence-electron chi connectivity index (χ3n) is 6.30. The highest BCUT2D eigenvalue weighted by molar-refractivity contribution is 5.78. The van der Waals surface area contributed by atoms with Crippen molar-refractivity contribution in [2.24, 2.45) is 28.4 Å². The number of carbonyl (C=O) groups is 1. The zero-order chi connectivity index (χ0) is 15.8. The second kappa shape index (κ2) is 5.91. The van der Waals surface area contributed by atoms with Gasteiger partial charge in [0.05, 0.1) is 0 Å². The molecule has 21 heavy (non-hydrogen) atoms. The Balaban J connectivity index is 1.90. The summed E-state index contributed by atoms with van der Waals surface area (Å²) in [6.07, 6.45) is 6.88. The number of nitrogens with two attached hydrogens (primary N) is 1. The van der Waals surface area contributed by atoms with E-state index in [0.717, 1.165) is 25.2 Å². The molecule has 1 amide bonds. The van der Waals surface area contributed by atoms with Crippen LogP contribution in [0.15, 0.2) is 0 Å². The van der Waals surface area contributed by atoms with Crippen LogP contribution < -0.4 is 11.1 Å². The Morgan fingerprint density at radius 3 is 2.48 bits per heavy atom. The van der Waals surface area contributed by atoms with Crippen molar-refractivity contribution in [3.8, 4) is 0 Å². The molecular weight excluding hydrogens is 260 g/mol. The van der Waals surface area contributed by atoms with Crippen LogP contribution in [-0.4, -0.2) is 18.0 Å². The number of fused-ring (bicyclic) bond motifs is 2. The van der Waals surface area contributed by atoms with Crippen LogP contribution in [0.5, 0.6) is 0 Å². The summed E-state index contributed by atoms with van der Waals surface area (Å²) in [7, 11) is 0. The second-order valence-corrected chi connectivity index (χ2v) is 8.67. The van der Waals surface area contributed by atoms with Gasteiger partial charge in [-0.3, -0.25) is 4.79 Å². The first-order valence-corrected chi connectivity index (χ1v) is 8.73. The predicted octanol–water partition coefficient (Wildman–Crippen LogP) is 3.47.